The lowest BCUT2D eigenvalue weighted by molar-refractivity contribution is 0.0124. The second kappa shape index (κ2) is 8.76. The van der Waals surface area contributed by atoms with Crippen LogP contribution in [0.15, 0.2) is 22.7 Å². The van der Waals surface area contributed by atoms with Crippen LogP contribution in [0.3, 0.4) is 0 Å². The maximum Gasteiger partial charge on any atom is 0.252 e. The summed E-state index contributed by atoms with van der Waals surface area (Å²) in [5, 5.41) is 2.95. The van der Waals surface area contributed by atoms with E-state index in [1.165, 1.54) is 12.1 Å². The van der Waals surface area contributed by atoms with Crippen LogP contribution in [0.2, 0.25) is 0 Å². The number of benzene rings is 1. The number of hydrogen-bond donors (Lipinski definition) is 1. The fourth-order valence-corrected chi connectivity index (χ4v) is 3.25. The van der Waals surface area contributed by atoms with Crippen molar-refractivity contribution in [1.82, 2.24) is 10.2 Å². The molecule has 0 unspecified atom stereocenters. The zero-order valence-electron chi connectivity index (χ0n) is 13.6. The number of nitrogens with zero attached hydrogens (tertiary/aromatic N) is 1. The zero-order chi connectivity index (χ0) is 16.8. The molecule has 1 saturated heterocycles. The van der Waals surface area contributed by atoms with E-state index in [1.807, 2.05) is 0 Å². The molecule has 0 aliphatic carbocycles. The van der Waals surface area contributed by atoms with Gasteiger partial charge in [-0.25, -0.2) is 4.39 Å². The van der Waals surface area contributed by atoms with Crippen molar-refractivity contribution in [2.75, 3.05) is 32.8 Å². The standard InChI is InChI=1S/C17H24BrFN2O2/c1-12(2)9-14(21-5-7-23-8-6-21)11-20-17(22)15-10-13(19)3-4-16(15)18/h3-4,10,12,14H,5-9,11H2,1-2H3,(H,20,22)/t14-/m0/s1. The van der Waals surface area contributed by atoms with E-state index in [1.54, 1.807) is 6.07 Å². The molecule has 6 heteroatoms. The van der Waals surface area contributed by atoms with Crippen LogP contribution in [0.5, 0.6) is 0 Å². The molecule has 0 aromatic heterocycles. The van der Waals surface area contributed by atoms with Gasteiger partial charge in [-0.1, -0.05) is 13.8 Å². The van der Waals surface area contributed by atoms with Gasteiger partial charge in [0.15, 0.2) is 0 Å². The number of halogens is 2. The number of ether oxygens (including phenoxy) is 1. The van der Waals surface area contributed by atoms with Gasteiger partial charge in [-0.05, 0) is 46.5 Å². The van der Waals surface area contributed by atoms with Gasteiger partial charge in [0.1, 0.15) is 5.82 Å². The van der Waals surface area contributed by atoms with E-state index in [2.05, 4.69) is 40.0 Å². The number of carbonyl (C=O) groups excluding carboxylic acids is 1. The Morgan fingerprint density at radius 1 is 1.39 bits per heavy atom. The summed E-state index contributed by atoms with van der Waals surface area (Å²) in [5.74, 6) is -0.121. The molecule has 1 fully saturated rings. The van der Waals surface area contributed by atoms with E-state index in [0.717, 1.165) is 32.7 Å². The highest BCUT2D eigenvalue weighted by Crippen LogP contribution is 2.18. The summed E-state index contributed by atoms with van der Waals surface area (Å²) >= 11 is 3.30. The third-order valence-electron chi connectivity index (χ3n) is 3.98. The highest BCUT2D eigenvalue weighted by atomic mass is 79.9. The van der Waals surface area contributed by atoms with Crippen molar-refractivity contribution in [3.05, 3.63) is 34.1 Å². The van der Waals surface area contributed by atoms with Crippen LogP contribution < -0.4 is 5.32 Å². The molecule has 128 valence electrons. The molecular weight excluding hydrogens is 363 g/mol. The summed E-state index contributed by atoms with van der Waals surface area (Å²) < 4.78 is 19.3. The van der Waals surface area contributed by atoms with Gasteiger partial charge in [-0.3, -0.25) is 9.69 Å². The van der Waals surface area contributed by atoms with Crippen LogP contribution in [0.4, 0.5) is 4.39 Å². The molecule has 1 heterocycles. The third kappa shape index (κ3) is 5.55. The highest BCUT2D eigenvalue weighted by molar-refractivity contribution is 9.10. The predicted molar refractivity (Wildman–Crippen MR) is 92.1 cm³/mol. The van der Waals surface area contributed by atoms with Crippen molar-refractivity contribution in [3.63, 3.8) is 0 Å². The highest BCUT2D eigenvalue weighted by Gasteiger charge is 2.23. The number of hydrogen-bond acceptors (Lipinski definition) is 3. The maximum atomic E-state index is 13.3. The van der Waals surface area contributed by atoms with Crippen molar-refractivity contribution in [3.8, 4) is 0 Å². The molecule has 1 aromatic rings. The van der Waals surface area contributed by atoms with Crippen LogP contribution in [0.1, 0.15) is 30.6 Å². The van der Waals surface area contributed by atoms with Gasteiger partial charge in [0.2, 0.25) is 0 Å². The zero-order valence-corrected chi connectivity index (χ0v) is 15.2. The Bertz CT molecular complexity index is 533. The smallest absolute Gasteiger partial charge is 0.252 e. The average molecular weight is 387 g/mol. The maximum absolute atomic E-state index is 13.3. The second-order valence-corrected chi connectivity index (χ2v) is 7.12. The van der Waals surface area contributed by atoms with Gasteiger partial charge in [-0.15, -0.1) is 0 Å². The van der Waals surface area contributed by atoms with Gasteiger partial charge in [-0.2, -0.15) is 0 Å². The second-order valence-electron chi connectivity index (χ2n) is 6.27. The van der Waals surface area contributed by atoms with Gasteiger partial charge in [0, 0.05) is 30.1 Å². The summed E-state index contributed by atoms with van der Waals surface area (Å²) in [7, 11) is 0. The minimum Gasteiger partial charge on any atom is -0.379 e. The minimum absolute atomic E-state index is 0.251. The molecule has 0 saturated carbocycles. The summed E-state index contributed by atoms with van der Waals surface area (Å²) in [4.78, 5) is 14.7. The third-order valence-corrected chi connectivity index (χ3v) is 4.67. The molecule has 1 aromatic carbocycles. The monoisotopic (exact) mass is 386 g/mol. The summed E-state index contributed by atoms with van der Waals surface area (Å²) in [6.45, 7) is 8.15. The Kier molecular flexibility index (Phi) is 6.99. The van der Waals surface area contributed by atoms with Crippen molar-refractivity contribution in [2.24, 2.45) is 5.92 Å². The molecule has 4 nitrogen and oxygen atoms in total. The number of carbonyl (C=O) groups is 1. The lowest BCUT2D eigenvalue weighted by atomic mass is 10.0. The fourth-order valence-electron chi connectivity index (χ4n) is 2.83. The largest absolute Gasteiger partial charge is 0.379 e. The minimum atomic E-state index is -0.412. The Morgan fingerprint density at radius 2 is 2.09 bits per heavy atom. The molecule has 0 spiro atoms. The lowest BCUT2D eigenvalue weighted by Gasteiger charge is -2.35. The Balaban J connectivity index is 1.99. The molecular formula is C17H24BrFN2O2. The SMILES string of the molecule is CC(C)C[C@@H](CNC(=O)c1cc(F)ccc1Br)N1CCOCC1. The van der Waals surface area contributed by atoms with Crippen molar-refractivity contribution in [1.29, 1.82) is 0 Å². The normalized spacial score (nSPS) is 17.3. The van der Waals surface area contributed by atoms with E-state index in [-0.39, 0.29) is 11.9 Å². The van der Waals surface area contributed by atoms with E-state index in [0.29, 0.717) is 22.5 Å². The van der Waals surface area contributed by atoms with Gasteiger partial charge < -0.3 is 10.1 Å². The summed E-state index contributed by atoms with van der Waals surface area (Å²) in [6.07, 6.45) is 1.00. The van der Waals surface area contributed by atoms with Crippen LogP contribution in [-0.4, -0.2) is 49.7 Å². The Labute approximate surface area is 145 Å². The molecule has 1 N–H and O–H groups in total. The predicted octanol–water partition coefficient (Wildman–Crippen LogP) is 3.06. The van der Waals surface area contributed by atoms with Gasteiger partial charge in [0.05, 0.1) is 18.8 Å². The summed E-state index contributed by atoms with van der Waals surface area (Å²) in [6, 6.07) is 4.41. The lowest BCUT2D eigenvalue weighted by Crippen LogP contribution is -2.49. The first-order chi connectivity index (χ1) is 11.0. The van der Waals surface area contributed by atoms with Crippen LogP contribution >= 0.6 is 15.9 Å². The molecule has 0 bridgehead atoms. The molecule has 1 aliphatic rings. The van der Waals surface area contributed by atoms with Crippen molar-refractivity contribution in [2.45, 2.75) is 26.3 Å². The number of rotatable bonds is 6. The first-order valence-corrected chi connectivity index (χ1v) is 8.81. The number of nitrogens with one attached hydrogen (secondary N) is 1. The van der Waals surface area contributed by atoms with E-state index in [4.69, 9.17) is 4.74 Å². The molecule has 1 amide bonds. The van der Waals surface area contributed by atoms with E-state index in [9.17, 15) is 9.18 Å². The molecule has 2 rings (SSSR count). The fraction of sp³-hybridized carbons (Fsp3) is 0.588. The quantitative estimate of drug-likeness (QED) is 0.816. The van der Waals surface area contributed by atoms with Crippen LogP contribution in [0.25, 0.3) is 0 Å². The van der Waals surface area contributed by atoms with Crippen LogP contribution in [0, 0.1) is 11.7 Å². The molecule has 1 atom stereocenters. The average Bonchev–Trinajstić information content (AvgIpc) is 2.54. The van der Waals surface area contributed by atoms with Crippen molar-refractivity contribution < 1.29 is 13.9 Å². The topological polar surface area (TPSA) is 41.6 Å². The van der Waals surface area contributed by atoms with Crippen molar-refractivity contribution >= 4 is 21.8 Å². The number of amides is 1. The van der Waals surface area contributed by atoms with Gasteiger partial charge >= 0.3 is 0 Å². The van der Waals surface area contributed by atoms with Crippen LogP contribution in [-0.2, 0) is 4.74 Å². The Hall–Kier alpha value is -0.980. The molecule has 1 aliphatic heterocycles. The first-order valence-electron chi connectivity index (χ1n) is 8.02. The van der Waals surface area contributed by atoms with E-state index >= 15 is 0 Å². The van der Waals surface area contributed by atoms with Gasteiger partial charge in [0.25, 0.3) is 5.91 Å². The van der Waals surface area contributed by atoms with E-state index < -0.39 is 5.82 Å². The first kappa shape index (κ1) is 18.4. The summed E-state index contributed by atoms with van der Waals surface area (Å²) in [5.41, 5.74) is 0.329. The Morgan fingerprint density at radius 3 is 2.74 bits per heavy atom. The molecule has 0 radical (unpaired) electrons. The molecule has 23 heavy (non-hydrogen) atoms. The number of morpholine rings is 1.